The fourth-order valence-corrected chi connectivity index (χ4v) is 5.21. The maximum absolute atomic E-state index is 11.9. The fraction of sp³-hybridized carbons (Fsp3) is 0.917. The van der Waals surface area contributed by atoms with Gasteiger partial charge >= 0.3 is 0 Å². The van der Waals surface area contributed by atoms with Gasteiger partial charge in [-0.3, -0.25) is 4.79 Å². The molecule has 1 N–H and O–H groups in total. The Bertz CT molecular complexity index is 448. The van der Waals surface area contributed by atoms with E-state index >= 15 is 0 Å². The molecule has 3 saturated heterocycles. The molecule has 3 rings (SSSR count). The van der Waals surface area contributed by atoms with Crippen molar-refractivity contribution < 1.29 is 13.2 Å². The van der Waals surface area contributed by atoms with Crippen molar-refractivity contribution in [2.24, 2.45) is 0 Å². The van der Waals surface area contributed by atoms with Crippen molar-refractivity contribution in [2.75, 3.05) is 18.1 Å². The van der Waals surface area contributed by atoms with Crippen molar-refractivity contribution in [3.8, 4) is 0 Å². The van der Waals surface area contributed by atoms with E-state index in [1.807, 2.05) is 4.90 Å². The molecule has 0 radical (unpaired) electrons. The number of nitrogens with one attached hydrogen (secondary N) is 1. The largest absolute Gasteiger partial charge is 0.338 e. The summed E-state index contributed by atoms with van der Waals surface area (Å²) in [5.74, 6) is 0.766. The van der Waals surface area contributed by atoms with Crippen LogP contribution in [0, 0.1) is 0 Å². The van der Waals surface area contributed by atoms with Gasteiger partial charge in [0, 0.05) is 31.1 Å². The molecule has 3 unspecified atom stereocenters. The van der Waals surface area contributed by atoms with E-state index in [0.717, 1.165) is 19.4 Å². The number of hydrogen-bond acceptors (Lipinski definition) is 4. The number of amides is 1. The zero-order chi connectivity index (χ0) is 12.8. The molecule has 0 aromatic heterocycles. The zero-order valence-electron chi connectivity index (χ0n) is 10.5. The highest BCUT2D eigenvalue weighted by Gasteiger charge is 2.42. The number of rotatable bonds is 2. The van der Waals surface area contributed by atoms with E-state index in [2.05, 4.69) is 5.32 Å². The van der Waals surface area contributed by atoms with E-state index in [4.69, 9.17) is 0 Å². The lowest BCUT2D eigenvalue weighted by Crippen LogP contribution is -2.48. The van der Waals surface area contributed by atoms with Crippen LogP contribution in [0.4, 0.5) is 0 Å². The first-order valence-corrected chi connectivity index (χ1v) is 8.63. The van der Waals surface area contributed by atoms with Crippen LogP contribution < -0.4 is 5.32 Å². The Kier molecular flexibility index (Phi) is 3.10. The van der Waals surface area contributed by atoms with Gasteiger partial charge in [0.15, 0.2) is 9.84 Å². The standard InChI is InChI=1S/C12H20N2O3S/c15-12-7-10(11-3-1-2-5-14(11)12)13-9-4-6-18(16,17)8-9/h9-11,13H,1-8H2. The monoisotopic (exact) mass is 272 g/mol. The van der Waals surface area contributed by atoms with Gasteiger partial charge in [-0.2, -0.15) is 0 Å². The smallest absolute Gasteiger partial charge is 0.224 e. The highest BCUT2D eigenvalue weighted by molar-refractivity contribution is 7.91. The minimum Gasteiger partial charge on any atom is -0.338 e. The predicted molar refractivity (Wildman–Crippen MR) is 68.0 cm³/mol. The summed E-state index contributed by atoms with van der Waals surface area (Å²) in [6.45, 7) is 0.880. The van der Waals surface area contributed by atoms with Crippen molar-refractivity contribution in [1.82, 2.24) is 10.2 Å². The number of carbonyl (C=O) groups excluding carboxylic acids is 1. The molecule has 0 aromatic carbocycles. The Morgan fingerprint density at radius 1 is 1.22 bits per heavy atom. The lowest BCUT2D eigenvalue weighted by atomic mass is 9.98. The average molecular weight is 272 g/mol. The summed E-state index contributed by atoms with van der Waals surface area (Å²) in [7, 11) is -2.84. The molecule has 18 heavy (non-hydrogen) atoms. The normalized spacial score (nSPS) is 39.0. The first-order chi connectivity index (χ1) is 8.55. The van der Waals surface area contributed by atoms with Gasteiger partial charge in [-0.25, -0.2) is 8.42 Å². The number of fused-ring (bicyclic) bond motifs is 1. The van der Waals surface area contributed by atoms with E-state index < -0.39 is 9.84 Å². The van der Waals surface area contributed by atoms with Crippen LogP contribution in [0.25, 0.3) is 0 Å². The molecule has 0 bridgehead atoms. The Balaban J connectivity index is 1.65. The second kappa shape index (κ2) is 4.49. The Labute approximate surface area is 108 Å². The molecule has 0 aromatic rings. The van der Waals surface area contributed by atoms with Crippen molar-refractivity contribution in [3.63, 3.8) is 0 Å². The van der Waals surface area contributed by atoms with Gasteiger partial charge < -0.3 is 10.2 Å². The summed E-state index contributed by atoms with van der Waals surface area (Å²) < 4.78 is 22.9. The lowest BCUT2D eigenvalue weighted by Gasteiger charge is -2.33. The van der Waals surface area contributed by atoms with E-state index in [0.29, 0.717) is 24.6 Å². The molecule has 0 spiro atoms. The molecule has 3 atom stereocenters. The number of carbonyl (C=O) groups is 1. The summed E-state index contributed by atoms with van der Waals surface area (Å²) >= 11 is 0. The fourth-order valence-electron chi connectivity index (χ4n) is 3.53. The van der Waals surface area contributed by atoms with Crippen LogP contribution in [-0.2, 0) is 14.6 Å². The molecular weight excluding hydrogens is 252 g/mol. The molecule has 3 aliphatic heterocycles. The molecular formula is C12H20N2O3S. The van der Waals surface area contributed by atoms with Gasteiger partial charge in [0.2, 0.25) is 5.91 Å². The third-order valence-electron chi connectivity index (χ3n) is 4.41. The maximum Gasteiger partial charge on any atom is 0.224 e. The number of piperidine rings is 1. The third-order valence-corrected chi connectivity index (χ3v) is 6.18. The van der Waals surface area contributed by atoms with E-state index in [1.54, 1.807) is 0 Å². The van der Waals surface area contributed by atoms with Gasteiger partial charge in [0.1, 0.15) is 0 Å². The van der Waals surface area contributed by atoms with Crippen LogP contribution in [0.5, 0.6) is 0 Å². The van der Waals surface area contributed by atoms with Gasteiger partial charge in [-0.15, -0.1) is 0 Å². The van der Waals surface area contributed by atoms with Crippen molar-refractivity contribution in [3.05, 3.63) is 0 Å². The van der Waals surface area contributed by atoms with Crippen LogP contribution >= 0.6 is 0 Å². The highest BCUT2D eigenvalue weighted by atomic mass is 32.2. The molecule has 3 aliphatic rings. The number of nitrogens with zero attached hydrogens (tertiary/aromatic N) is 1. The minimum atomic E-state index is -2.84. The minimum absolute atomic E-state index is 0.0506. The van der Waals surface area contributed by atoms with Crippen molar-refractivity contribution >= 4 is 15.7 Å². The maximum atomic E-state index is 11.9. The molecule has 3 heterocycles. The van der Waals surface area contributed by atoms with Crippen LogP contribution in [0.3, 0.4) is 0 Å². The lowest BCUT2D eigenvalue weighted by molar-refractivity contribution is -0.129. The summed E-state index contributed by atoms with van der Waals surface area (Å²) in [6, 6.07) is 0.514. The Hall–Kier alpha value is -0.620. The Morgan fingerprint density at radius 3 is 2.78 bits per heavy atom. The molecule has 5 nitrogen and oxygen atoms in total. The first-order valence-electron chi connectivity index (χ1n) is 6.81. The summed E-state index contributed by atoms with van der Waals surface area (Å²) in [5, 5.41) is 3.42. The summed E-state index contributed by atoms with van der Waals surface area (Å²) in [4.78, 5) is 13.9. The highest BCUT2D eigenvalue weighted by Crippen LogP contribution is 2.29. The van der Waals surface area contributed by atoms with Gasteiger partial charge in [0.25, 0.3) is 0 Å². The third kappa shape index (κ3) is 2.28. The average Bonchev–Trinajstić information content (AvgIpc) is 2.82. The van der Waals surface area contributed by atoms with Gasteiger partial charge in [0.05, 0.1) is 11.5 Å². The zero-order valence-corrected chi connectivity index (χ0v) is 11.3. The first kappa shape index (κ1) is 12.4. The molecule has 0 aliphatic carbocycles. The van der Waals surface area contributed by atoms with Gasteiger partial charge in [-0.1, -0.05) is 0 Å². The second-order valence-electron chi connectivity index (χ2n) is 5.73. The quantitative estimate of drug-likeness (QED) is 0.763. The van der Waals surface area contributed by atoms with Crippen molar-refractivity contribution in [2.45, 2.75) is 50.2 Å². The number of hydrogen-bond donors (Lipinski definition) is 1. The van der Waals surface area contributed by atoms with Crippen LogP contribution in [-0.4, -0.2) is 55.4 Å². The molecule has 0 saturated carbocycles. The SMILES string of the molecule is O=C1CC(NC2CCS(=O)(=O)C2)C2CCCCN12. The van der Waals surface area contributed by atoms with Crippen LogP contribution in [0.15, 0.2) is 0 Å². The predicted octanol–water partition coefficient (Wildman–Crippen LogP) is -0.0835. The number of sulfone groups is 1. The molecule has 3 fully saturated rings. The van der Waals surface area contributed by atoms with Gasteiger partial charge in [-0.05, 0) is 25.7 Å². The van der Waals surface area contributed by atoms with E-state index in [9.17, 15) is 13.2 Å². The van der Waals surface area contributed by atoms with E-state index in [1.165, 1.54) is 6.42 Å². The Morgan fingerprint density at radius 2 is 2.06 bits per heavy atom. The van der Waals surface area contributed by atoms with Crippen molar-refractivity contribution in [1.29, 1.82) is 0 Å². The molecule has 6 heteroatoms. The summed E-state index contributed by atoms with van der Waals surface area (Å²) in [6.07, 6.45) is 4.58. The van der Waals surface area contributed by atoms with E-state index in [-0.39, 0.29) is 23.7 Å². The summed E-state index contributed by atoms with van der Waals surface area (Å²) in [5.41, 5.74) is 0. The van der Waals surface area contributed by atoms with Crippen LogP contribution in [0.1, 0.15) is 32.1 Å². The second-order valence-corrected chi connectivity index (χ2v) is 7.96. The molecule has 102 valence electrons. The molecule has 1 amide bonds. The van der Waals surface area contributed by atoms with Crippen LogP contribution in [0.2, 0.25) is 0 Å². The topological polar surface area (TPSA) is 66.5 Å².